The van der Waals surface area contributed by atoms with Crippen molar-refractivity contribution in [1.82, 2.24) is 9.88 Å². The highest BCUT2D eigenvalue weighted by molar-refractivity contribution is 5.92. The Labute approximate surface area is 135 Å². The van der Waals surface area contributed by atoms with Crippen LogP contribution in [0.5, 0.6) is 0 Å². The summed E-state index contributed by atoms with van der Waals surface area (Å²) in [7, 11) is 0. The van der Waals surface area contributed by atoms with E-state index in [0.717, 1.165) is 43.5 Å². The van der Waals surface area contributed by atoms with Crippen molar-refractivity contribution in [3.05, 3.63) is 36.5 Å². The first-order chi connectivity index (χ1) is 11.3. The molecule has 1 aromatic carbocycles. The lowest BCUT2D eigenvalue weighted by Crippen LogP contribution is -2.44. The standard InChI is InChI=1S/C18H21N3O2/c22-18(20-9-11-23-12-10-20)14-6-8-21(13-14)17-5-7-19-16-4-2-1-3-15(16)17/h1-5,7,14H,6,8-13H2. The van der Waals surface area contributed by atoms with Gasteiger partial charge in [0.1, 0.15) is 0 Å². The minimum atomic E-state index is 0.0972. The zero-order chi connectivity index (χ0) is 15.6. The number of benzene rings is 1. The molecule has 5 nitrogen and oxygen atoms in total. The van der Waals surface area contributed by atoms with Crippen LogP contribution < -0.4 is 4.90 Å². The summed E-state index contributed by atoms with van der Waals surface area (Å²) in [6.45, 7) is 4.51. The van der Waals surface area contributed by atoms with Gasteiger partial charge in [0.25, 0.3) is 0 Å². The van der Waals surface area contributed by atoms with Gasteiger partial charge < -0.3 is 14.5 Å². The van der Waals surface area contributed by atoms with Crippen molar-refractivity contribution in [2.75, 3.05) is 44.3 Å². The van der Waals surface area contributed by atoms with Crippen LogP contribution in [0.25, 0.3) is 10.9 Å². The highest BCUT2D eigenvalue weighted by Gasteiger charge is 2.32. The predicted molar refractivity (Wildman–Crippen MR) is 89.5 cm³/mol. The molecule has 1 unspecified atom stereocenters. The molecular formula is C18H21N3O2. The van der Waals surface area contributed by atoms with Crippen molar-refractivity contribution >= 4 is 22.5 Å². The van der Waals surface area contributed by atoms with Crippen LogP contribution in [0.15, 0.2) is 36.5 Å². The molecule has 1 amide bonds. The molecule has 4 rings (SSSR count). The highest BCUT2D eigenvalue weighted by atomic mass is 16.5. The third-order valence-electron chi connectivity index (χ3n) is 4.83. The highest BCUT2D eigenvalue weighted by Crippen LogP contribution is 2.30. The number of para-hydroxylation sites is 1. The quantitative estimate of drug-likeness (QED) is 0.850. The second kappa shape index (κ2) is 6.16. The summed E-state index contributed by atoms with van der Waals surface area (Å²) in [6, 6.07) is 10.2. The molecule has 2 aliphatic heterocycles. The number of hydrogen-bond donors (Lipinski definition) is 0. The number of morpholine rings is 1. The van der Waals surface area contributed by atoms with Crippen molar-refractivity contribution < 1.29 is 9.53 Å². The number of hydrogen-bond acceptors (Lipinski definition) is 4. The number of aromatic nitrogens is 1. The SMILES string of the molecule is O=C(C1CCN(c2ccnc3ccccc23)C1)N1CCOCC1. The molecule has 2 saturated heterocycles. The maximum absolute atomic E-state index is 12.7. The van der Waals surface area contributed by atoms with E-state index in [1.807, 2.05) is 29.3 Å². The average Bonchev–Trinajstić information content (AvgIpc) is 3.11. The first kappa shape index (κ1) is 14.5. The van der Waals surface area contributed by atoms with E-state index in [0.29, 0.717) is 13.2 Å². The van der Waals surface area contributed by atoms with E-state index < -0.39 is 0 Å². The summed E-state index contributed by atoms with van der Waals surface area (Å²) in [5.41, 5.74) is 2.20. The van der Waals surface area contributed by atoms with Crippen LogP contribution in [0.3, 0.4) is 0 Å². The fourth-order valence-corrected chi connectivity index (χ4v) is 3.58. The number of anilines is 1. The van der Waals surface area contributed by atoms with E-state index in [1.54, 1.807) is 0 Å². The largest absolute Gasteiger partial charge is 0.378 e. The first-order valence-electron chi connectivity index (χ1n) is 8.28. The number of rotatable bonds is 2. The maximum Gasteiger partial charge on any atom is 0.227 e. The van der Waals surface area contributed by atoms with Crippen LogP contribution in [0, 0.1) is 5.92 Å². The molecule has 5 heteroatoms. The van der Waals surface area contributed by atoms with Gasteiger partial charge in [-0.25, -0.2) is 0 Å². The lowest BCUT2D eigenvalue weighted by Gasteiger charge is -2.29. The van der Waals surface area contributed by atoms with E-state index in [4.69, 9.17) is 4.74 Å². The number of amides is 1. The van der Waals surface area contributed by atoms with Gasteiger partial charge in [-0.15, -0.1) is 0 Å². The van der Waals surface area contributed by atoms with Crippen molar-refractivity contribution in [3.63, 3.8) is 0 Å². The van der Waals surface area contributed by atoms with Gasteiger partial charge in [-0.3, -0.25) is 9.78 Å². The molecular weight excluding hydrogens is 290 g/mol. The van der Waals surface area contributed by atoms with Crippen molar-refractivity contribution in [2.45, 2.75) is 6.42 Å². The van der Waals surface area contributed by atoms with Gasteiger partial charge in [-0.05, 0) is 18.6 Å². The van der Waals surface area contributed by atoms with E-state index >= 15 is 0 Å². The van der Waals surface area contributed by atoms with Gasteiger partial charge >= 0.3 is 0 Å². The van der Waals surface area contributed by atoms with Crippen molar-refractivity contribution in [1.29, 1.82) is 0 Å². The van der Waals surface area contributed by atoms with Gasteiger partial charge in [0.15, 0.2) is 0 Å². The summed E-state index contributed by atoms with van der Waals surface area (Å²) in [6.07, 6.45) is 2.78. The molecule has 0 aliphatic carbocycles. The van der Waals surface area contributed by atoms with E-state index in [1.165, 1.54) is 5.69 Å². The van der Waals surface area contributed by atoms with Gasteiger partial charge in [-0.2, -0.15) is 0 Å². The van der Waals surface area contributed by atoms with E-state index in [2.05, 4.69) is 22.0 Å². The monoisotopic (exact) mass is 311 g/mol. The van der Waals surface area contributed by atoms with Crippen molar-refractivity contribution in [2.24, 2.45) is 5.92 Å². The van der Waals surface area contributed by atoms with Crippen LogP contribution in [0.2, 0.25) is 0 Å². The second-order valence-electron chi connectivity index (χ2n) is 6.22. The van der Waals surface area contributed by atoms with Crippen LogP contribution in [0.4, 0.5) is 5.69 Å². The van der Waals surface area contributed by atoms with Gasteiger partial charge in [-0.1, -0.05) is 18.2 Å². The van der Waals surface area contributed by atoms with Crippen LogP contribution in [0.1, 0.15) is 6.42 Å². The molecule has 0 saturated carbocycles. The summed E-state index contributed by atoms with van der Waals surface area (Å²) >= 11 is 0. The molecule has 1 aromatic heterocycles. The molecule has 3 heterocycles. The number of carbonyl (C=O) groups is 1. The molecule has 0 spiro atoms. The summed E-state index contributed by atoms with van der Waals surface area (Å²) in [5.74, 6) is 0.384. The number of nitrogens with zero attached hydrogens (tertiary/aromatic N) is 3. The first-order valence-corrected chi connectivity index (χ1v) is 8.28. The number of ether oxygens (including phenoxy) is 1. The zero-order valence-electron chi connectivity index (χ0n) is 13.1. The molecule has 2 fully saturated rings. The minimum Gasteiger partial charge on any atom is -0.378 e. The van der Waals surface area contributed by atoms with E-state index in [9.17, 15) is 4.79 Å². The minimum absolute atomic E-state index is 0.0972. The van der Waals surface area contributed by atoms with Crippen LogP contribution in [-0.4, -0.2) is 55.2 Å². The third-order valence-corrected chi connectivity index (χ3v) is 4.83. The molecule has 23 heavy (non-hydrogen) atoms. The lowest BCUT2D eigenvalue weighted by atomic mass is 10.1. The Morgan fingerprint density at radius 2 is 1.96 bits per heavy atom. The second-order valence-corrected chi connectivity index (χ2v) is 6.22. The summed E-state index contributed by atoms with van der Waals surface area (Å²) in [5, 5.41) is 1.16. The normalized spacial score (nSPS) is 21.8. The fraction of sp³-hybridized carbons (Fsp3) is 0.444. The molecule has 2 aliphatic rings. The fourth-order valence-electron chi connectivity index (χ4n) is 3.58. The summed E-state index contributed by atoms with van der Waals surface area (Å²) in [4.78, 5) is 21.4. The number of fused-ring (bicyclic) bond motifs is 1. The Bertz CT molecular complexity index is 707. The van der Waals surface area contributed by atoms with Gasteiger partial charge in [0.05, 0.1) is 24.6 Å². The lowest BCUT2D eigenvalue weighted by molar-refractivity contribution is -0.138. The molecule has 0 radical (unpaired) electrons. The Morgan fingerprint density at radius 3 is 2.83 bits per heavy atom. The zero-order valence-corrected chi connectivity index (χ0v) is 13.1. The molecule has 120 valence electrons. The smallest absolute Gasteiger partial charge is 0.227 e. The third kappa shape index (κ3) is 2.77. The molecule has 1 atom stereocenters. The Hall–Kier alpha value is -2.14. The average molecular weight is 311 g/mol. The molecule has 0 bridgehead atoms. The molecule has 0 N–H and O–H groups in total. The molecule has 2 aromatic rings. The number of carbonyl (C=O) groups excluding carboxylic acids is 1. The Kier molecular flexibility index (Phi) is 3.87. The predicted octanol–water partition coefficient (Wildman–Crippen LogP) is 1.92. The summed E-state index contributed by atoms with van der Waals surface area (Å²) < 4.78 is 5.34. The number of pyridine rings is 1. The Morgan fingerprint density at radius 1 is 1.13 bits per heavy atom. The van der Waals surface area contributed by atoms with Gasteiger partial charge in [0.2, 0.25) is 5.91 Å². The van der Waals surface area contributed by atoms with Crippen LogP contribution >= 0.6 is 0 Å². The van der Waals surface area contributed by atoms with Gasteiger partial charge in [0, 0.05) is 43.4 Å². The Balaban J connectivity index is 1.52. The topological polar surface area (TPSA) is 45.7 Å². The van der Waals surface area contributed by atoms with Crippen LogP contribution in [-0.2, 0) is 9.53 Å². The van der Waals surface area contributed by atoms with Crippen molar-refractivity contribution in [3.8, 4) is 0 Å². The maximum atomic E-state index is 12.7. The van der Waals surface area contributed by atoms with E-state index in [-0.39, 0.29) is 11.8 Å².